The predicted octanol–water partition coefficient (Wildman–Crippen LogP) is 3.53. The fraction of sp³-hybridized carbons (Fsp3) is 0.350. The number of benzene rings is 1. The molecule has 0 bridgehead atoms. The van der Waals surface area contributed by atoms with Crippen molar-refractivity contribution in [2.75, 3.05) is 18.8 Å². The molecule has 3 rings (SSSR count). The lowest BCUT2D eigenvalue weighted by Gasteiger charge is -2.32. The third kappa shape index (κ3) is 4.83. The Bertz CT molecular complexity index is 749. The first-order valence-corrected chi connectivity index (χ1v) is 9.54. The minimum Gasteiger partial charge on any atom is -0.342 e. The molecule has 0 unspecified atom stereocenters. The maximum Gasteiger partial charge on any atom is 0.232 e. The van der Waals surface area contributed by atoms with Gasteiger partial charge in [-0.25, -0.2) is 4.98 Å². The Hall–Kier alpha value is -2.32. The van der Waals surface area contributed by atoms with Gasteiger partial charge in [0.25, 0.3) is 0 Å². The lowest BCUT2D eigenvalue weighted by atomic mass is 9.90. The molecule has 1 fully saturated rings. The summed E-state index contributed by atoms with van der Waals surface area (Å²) in [4.78, 5) is 18.6. The standard InChI is InChI=1S/C20H21N3OS/c21-14-18-7-4-10-22-20(18)25-15-19(24)23-11-8-17(9-12-23)13-16-5-2-1-3-6-16/h1-7,10,17H,8-9,11-13,15H2. The lowest BCUT2D eigenvalue weighted by molar-refractivity contribution is -0.129. The van der Waals surface area contributed by atoms with Gasteiger partial charge in [-0.1, -0.05) is 42.1 Å². The molecule has 1 aromatic heterocycles. The van der Waals surface area contributed by atoms with Crippen LogP contribution in [0.1, 0.15) is 24.0 Å². The van der Waals surface area contributed by atoms with E-state index in [0.717, 1.165) is 32.4 Å². The second kappa shape index (κ2) is 8.68. The first-order valence-electron chi connectivity index (χ1n) is 8.56. The van der Waals surface area contributed by atoms with Gasteiger partial charge in [0.1, 0.15) is 11.1 Å². The van der Waals surface area contributed by atoms with Crippen LogP contribution < -0.4 is 0 Å². The number of piperidine rings is 1. The largest absolute Gasteiger partial charge is 0.342 e. The quantitative estimate of drug-likeness (QED) is 0.773. The molecule has 2 heterocycles. The molecular weight excluding hydrogens is 330 g/mol. The van der Waals surface area contributed by atoms with E-state index in [1.54, 1.807) is 18.3 Å². The van der Waals surface area contributed by atoms with Crippen LogP contribution in [-0.4, -0.2) is 34.6 Å². The van der Waals surface area contributed by atoms with E-state index in [0.29, 0.717) is 22.3 Å². The van der Waals surface area contributed by atoms with Gasteiger partial charge < -0.3 is 4.90 Å². The summed E-state index contributed by atoms with van der Waals surface area (Å²) in [7, 11) is 0. The number of carbonyl (C=O) groups is 1. The zero-order valence-electron chi connectivity index (χ0n) is 14.1. The number of nitriles is 1. The smallest absolute Gasteiger partial charge is 0.232 e. The van der Waals surface area contributed by atoms with Crippen LogP contribution in [0.3, 0.4) is 0 Å². The highest BCUT2D eigenvalue weighted by molar-refractivity contribution is 7.99. The summed E-state index contributed by atoms with van der Waals surface area (Å²) in [6.45, 7) is 1.65. The van der Waals surface area contributed by atoms with Gasteiger partial charge in [-0.2, -0.15) is 5.26 Å². The highest BCUT2D eigenvalue weighted by Crippen LogP contribution is 2.24. The zero-order chi connectivity index (χ0) is 17.5. The number of amides is 1. The van der Waals surface area contributed by atoms with Crippen molar-refractivity contribution in [2.24, 2.45) is 5.92 Å². The van der Waals surface area contributed by atoms with Gasteiger partial charge >= 0.3 is 0 Å². The molecule has 1 amide bonds. The molecule has 0 saturated carbocycles. The summed E-state index contributed by atoms with van der Waals surface area (Å²) in [5, 5.41) is 9.72. The van der Waals surface area contributed by atoms with Gasteiger partial charge in [-0.15, -0.1) is 0 Å². The maximum absolute atomic E-state index is 12.4. The molecule has 0 radical (unpaired) electrons. The summed E-state index contributed by atoms with van der Waals surface area (Å²) >= 11 is 1.35. The number of likely N-dealkylation sites (tertiary alicyclic amines) is 1. The molecule has 0 aliphatic carbocycles. The molecule has 1 aliphatic rings. The van der Waals surface area contributed by atoms with Crippen LogP contribution in [0.25, 0.3) is 0 Å². The van der Waals surface area contributed by atoms with Crippen molar-refractivity contribution in [3.63, 3.8) is 0 Å². The summed E-state index contributed by atoms with van der Waals surface area (Å²) in [5.74, 6) is 1.13. The average molecular weight is 351 g/mol. The molecule has 1 saturated heterocycles. The average Bonchev–Trinajstić information content (AvgIpc) is 2.67. The Labute approximate surface area is 152 Å². The molecular formula is C20H21N3OS. The lowest BCUT2D eigenvalue weighted by Crippen LogP contribution is -2.39. The van der Waals surface area contributed by atoms with Crippen molar-refractivity contribution < 1.29 is 4.79 Å². The molecule has 1 aromatic carbocycles. The van der Waals surface area contributed by atoms with E-state index in [-0.39, 0.29) is 5.91 Å². The topological polar surface area (TPSA) is 57.0 Å². The Balaban J connectivity index is 1.46. The summed E-state index contributed by atoms with van der Waals surface area (Å²) < 4.78 is 0. The molecule has 0 N–H and O–H groups in total. The first-order chi connectivity index (χ1) is 12.3. The van der Waals surface area contributed by atoms with Crippen LogP contribution in [0.5, 0.6) is 0 Å². The number of nitrogens with zero attached hydrogens (tertiary/aromatic N) is 3. The molecule has 5 heteroatoms. The number of hydrogen-bond donors (Lipinski definition) is 0. The molecule has 0 spiro atoms. The van der Waals surface area contributed by atoms with Crippen molar-refractivity contribution in [1.82, 2.24) is 9.88 Å². The summed E-state index contributed by atoms with van der Waals surface area (Å²) in [5.41, 5.74) is 1.91. The Morgan fingerprint density at radius 2 is 1.96 bits per heavy atom. The Kier molecular flexibility index (Phi) is 6.08. The van der Waals surface area contributed by atoms with Crippen LogP contribution in [0.2, 0.25) is 0 Å². The van der Waals surface area contributed by atoms with E-state index in [4.69, 9.17) is 5.26 Å². The molecule has 25 heavy (non-hydrogen) atoms. The highest BCUT2D eigenvalue weighted by Gasteiger charge is 2.23. The SMILES string of the molecule is N#Cc1cccnc1SCC(=O)N1CCC(Cc2ccccc2)CC1. The van der Waals surface area contributed by atoms with E-state index < -0.39 is 0 Å². The number of aromatic nitrogens is 1. The van der Waals surface area contributed by atoms with Gasteiger partial charge in [0.05, 0.1) is 11.3 Å². The Morgan fingerprint density at radius 3 is 2.68 bits per heavy atom. The fourth-order valence-corrected chi connectivity index (χ4v) is 3.99. The van der Waals surface area contributed by atoms with Crippen LogP contribution in [-0.2, 0) is 11.2 Å². The highest BCUT2D eigenvalue weighted by atomic mass is 32.2. The molecule has 128 valence electrons. The van der Waals surface area contributed by atoms with E-state index >= 15 is 0 Å². The number of pyridine rings is 1. The number of hydrogen-bond acceptors (Lipinski definition) is 4. The van der Waals surface area contributed by atoms with Crippen LogP contribution in [0, 0.1) is 17.2 Å². The van der Waals surface area contributed by atoms with Gasteiger partial charge in [-0.05, 0) is 42.9 Å². The van der Waals surface area contributed by atoms with Gasteiger partial charge in [0.2, 0.25) is 5.91 Å². The van der Waals surface area contributed by atoms with Crippen LogP contribution in [0.15, 0.2) is 53.7 Å². The maximum atomic E-state index is 12.4. The van der Waals surface area contributed by atoms with E-state index in [1.807, 2.05) is 11.0 Å². The third-order valence-electron chi connectivity index (χ3n) is 4.56. The van der Waals surface area contributed by atoms with E-state index in [1.165, 1.54) is 17.3 Å². The van der Waals surface area contributed by atoms with Crippen LogP contribution in [0.4, 0.5) is 0 Å². The van der Waals surface area contributed by atoms with E-state index in [9.17, 15) is 4.79 Å². The molecule has 0 atom stereocenters. The second-order valence-corrected chi connectivity index (χ2v) is 7.23. The molecule has 2 aromatic rings. The fourth-order valence-electron chi connectivity index (χ4n) is 3.15. The predicted molar refractivity (Wildman–Crippen MR) is 99.1 cm³/mol. The molecule has 4 nitrogen and oxygen atoms in total. The van der Waals surface area contributed by atoms with Crippen molar-refractivity contribution in [3.05, 3.63) is 59.8 Å². The van der Waals surface area contributed by atoms with Crippen molar-refractivity contribution in [3.8, 4) is 6.07 Å². The normalized spacial score (nSPS) is 14.9. The van der Waals surface area contributed by atoms with E-state index in [2.05, 4.69) is 35.3 Å². The second-order valence-electron chi connectivity index (χ2n) is 6.27. The van der Waals surface area contributed by atoms with Crippen molar-refractivity contribution >= 4 is 17.7 Å². The third-order valence-corrected chi connectivity index (χ3v) is 5.55. The van der Waals surface area contributed by atoms with Gasteiger partial charge in [-0.3, -0.25) is 4.79 Å². The zero-order valence-corrected chi connectivity index (χ0v) is 14.9. The number of carbonyl (C=O) groups excluding carboxylic acids is 1. The van der Waals surface area contributed by atoms with Crippen molar-refractivity contribution in [2.45, 2.75) is 24.3 Å². The monoisotopic (exact) mass is 351 g/mol. The van der Waals surface area contributed by atoms with Crippen LogP contribution >= 0.6 is 11.8 Å². The minimum absolute atomic E-state index is 0.137. The number of thioether (sulfide) groups is 1. The van der Waals surface area contributed by atoms with Gasteiger partial charge in [0, 0.05) is 19.3 Å². The summed E-state index contributed by atoms with van der Waals surface area (Å²) in [6.07, 6.45) is 4.86. The van der Waals surface area contributed by atoms with Gasteiger partial charge in [0.15, 0.2) is 0 Å². The number of rotatable bonds is 5. The Morgan fingerprint density at radius 1 is 1.20 bits per heavy atom. The summed E-state index contributed by atoms with van der Waals surface area (Å²) in [6, 6.07) is 16.1. The molecule has 1 aliphatic heterocycles. The minimum atomic E-state index is 0.137. The van der Waals surface area contributed by atoms with Crippen molar-refractivity contribution in [1.29, 1.82) is 5.26 Å². The first kappa shape index (κ1) is 17.5.